The number of hydrogen-bond donors (Lipinski definition) is 1. The fourth-order valence-corrected chi connectivity index (χ4v) is 1.68. The summed E-state index contributed by atoms with van der Waals surface area (Å²) in [5, 5.41) is 8.67. The van der Waals surface area contributed by atoms with E-state index in [4.69, 9.17) is 5.11 Å². The molecule has 0 aliphatic heterocycles. The molecule has 2 aromatic rings. The van der Waals surface area contributed by atoms with Gasteiger partial charge in [-0.25, -0.2) is 0 Å². The highest BCUT2D eigenvalue weighted by Gasteiger charge is 1.98. The molecule has 0 bridgehead atoms. The van der Waals surface area contributed by atoms with Crippen LogP contribution in [-0.4, -0.2) is 11.1 Å². The topological polar surface area (TPSA) is 37.3 Å². The van der Waals surface area contributed by atoms with Crippen molar-refractivity contribution < 1.29 is 9.90 Å². The number of rotatable bonds is 4. The highest BCUT2D eigenvalue weighted by atomic mass is 16.4. The molecule has 0 spiro atoms. The summed E-state index contributed by atoms with van der Waals surface area (Å²) in [5.74, 6) is -0.803. The summed E-state index contributed by atoms with van der Waals surface area (Å²) in [5.41, 5.74) is 3.03. The van der Waals surface area contributed by atoms with Crippen LogP contribution in [0.2, 0.25) is 0 Å². The van der Waals surface area contributed by atoms with Crippen LogP contribution in [-0.2, 0) is 11.2 Å². The zero-order valence-electron chi connectivity index (χ0n) is 9.91. The van der Waals surface area contributed by atoms with Crippen LogP contribution in [0.3, 0.4) is 0 Å². The molecule has 0 aliphatic rings. The Morgan fingerprint density at radius 2 is 1.44 bits per heavy atom. The predicted molar refractivity (Wildman–Crippen MR) is 73.2 cm³/mol. The molecule has 0 atom stereocenters. The highest BCUT2D eigenvalue weighted by Crippen LogP contribution is 2.10. The van der Waals surface area contributed by atoms with Crippen LogP contribution in [0, 0.1) is 0 Å². The van der Waals surface area contributed by atoms with Gasteiger partial charge < -0.3 is 5.11 Å². The van der Waals surface area contributed by atoms with Crippen molar-refractivity contribution in [2.45, 2.75) is 6.42 Å². The number of aliphatic carboxylic acids is 1. The van der Waals surface area contributed by atoms with Crippen molar-refractivity contribution in [3.63, 3.8) is 0 Å². The molecule has 0 unspecified atom stereocenters. The Labute approximate surface area is 106 Å². The molecule has 1 N–H and O–H groups in total. The molecule has 0 aromatic heterocycles. The first-order valence-corrected chi connectivity index (χ1v) is 5.78. The van der Waals surface area contributed by atoms with E-state index < -0.39 is 5.97 Å². The molecule has 0 amide bonds. The minimum absolute atomic E-state index is 0.0721. The van der Waals surface area contributed by atoms with E-state index in [1.807, 2.05) is 66.7 Å². The fourth-order valence-electron chi connectivity index (χ4n) is 1.68. The van der Waals surface area contributed by atoms with Gasteiger partial charge in [0, 0.05) is 0 Å². The second-order valence-electron chi connectivity index (χ2n) is 4.06. The Morgan fingerprint density at radius 3 is 2.00 bits per heavy atom. The number of benzene rings is 2. The maximum absolute atomic E-state index is 10.6. The standard InChI is InChI=1S/C16H14O2/c17-16(18)12-15-10-8-14(9-11-15)7-6-13-4-2-1-3-5-13/h1-11H,12H2,(H,17,18)/b7-6+. The Balaban J connectivity index is 2.06. The minimum Gasteiger partial charge on any atom is -0.481 e. The lowest BCUT2D eigenvalue weighted by molar-refractivity contribution is -0.136. The normalized spacial score (nSPS) is 10.7. The summed E-state index contributed by atoms with van der Waals surface area (Å²) in [4.78, 5) is 10.6. The average molecular weight is 238 g/mol. The predicted octanol–water partition coefficient (Wildman–Crippen LogP) is 3.48. The summed E-state index contributed by atoms with van der Waals surface area (Å²) in [6.07, 6.45) is 4.12. The van der Waals surface area contributed by atoms with Crippen LogP contribution in [0.5, 0.6) is 0 Å². The van der Waals surface area contributed by atoms with Crippen LogP contribution >= 0.6 is 0 Å². The van der Waals surface area contributed by atoms with E-state index in [9.17, 15) is 4.79 Å². The highest BCUT2D eigenvalue weighted by molar-refractivity contribution is 5.72. The van der Waals surface area contributed by atoms with Gasteiger partial charge in [-0.2, -0.15) is 0 Å². The van der Waals surface area contributed by atoms with Crippen molar-refractivity contribution in [1.29, 1.82) is 0 Å². The Kier molecular flexibility index (Phi) is 3.92. The third kappa shape index (κ3) is 3.59. The lowest BCUT2D eigenvalue weighted by Gasteiger charge is -1.98. The molecule has 2 aromatic carbocycles. The first-order valence-electron chi connectivity index (χ1n) is 5.78. The summed E-state index contributed by atoms with van der Waals surface area (Å²) >= 11 is 0. The van der Waals surface area contributed by atoms with E-state index >= 15 is 0 Å². The average Bonchev–Trinajstić information content (AvgIpc) is 2.38. The number of carbonyl (C=O) groups is 1. The van der Waals surface area contributed by atoms with Crippen LogP contribution < -0.4 is 0 Å². The van der Waals surface area contributed by atoms with Gasteiger partial charge in [-0.05, 0) is 16.7 Å². The molecule has 2 heteroatoms. The van der Waals surface area contributed by atoms with Gasteiger partial charge in [0.1, 0.15) is 0 Å². The van der Waals surface area contributed by atoms with Gasteiger partial charge in [-0.15, -0.1) is 0 Å². The van der Waals surface area contributed by atoms with E-state index in [1.165, 1.54) is 0 Å². The van der Waals surface area contributed by atoms with Crippen molar-refractivity contribution >= 4 is 18.1 Å². The molecular weight excluding hydrogens is 224 g/mol. The zero-order chi connectivity index (χ0) is 12.8. The van der Waals surface area contributed by atoms with Crippen LogP contribution in [0.1, 0.15) is 16.7 Å². The second-order valence-corrected chi connectivity index (χ2v) is 4.06. The Morgan fingerprint density at radius 1 is 0.889 bits per heavy atom. The molecule has 0 saturated heterocycles. The summed E-state index contributed by atoms with van der Waals surface area (Å²) in [7, 11) is 0. The van der Waals surface area contributed by atoms with Gasteiger partial charge in [0.15, 0.2) is 0 Å². The molecule has 90 valence electrons. The van der Waals surface area contributed by atoms with E-state index in [0.717, 1.165) is 16.7 Å². The van der Waals surface area contributed by atoms with Gasteiger partial charge in [-0.1, -0.05) is 66.7 Å². The first kappa shape index (κ1) is 12.1. The second kappa shape index (κ2) is 5.82. The van der Waals surface area contributed by atoms with Crippen LogP contribution in [0.4, 0.5) is 0 Å². The quantitative estimate of drug-likeness (QED) is 0.828. The van der Waals surface area contributed by atoms with Gasteiger partial charge in [0.05, 0.1) is 6.42 Å². The Bertz CT molecular complexity index is 539. The van der Waals surface area contributed by atoms with Crippen LogP contribution in [0.25, 0.3) is 12.2 Å². The van der Waals surface area contributed by atoms with E-state index in [-0.39, 0.29) is 6.42 Å². The molecule has 0 saturated carbocycles. The number of hydrogen-bond acceptors (Lipinski definition) is 1. The fraction of sp³-hybridized carbons (Fsp3) is 0.0625. The zero-order valence-corrected chi connectivity index (χ0v) is 9.91. The Hall–Kier alpha value is -2.35. The number of carboxylic acids is 1. The maximum atomic E-state index is 10.6. The smallest absolute Gasteiger partial charge is 0.307 e. The monoisotopic (exact) mass is 238 g/mol. The third-order valence-corrected chi connectivity index (χ3v) is 2.60. The van der Waals surface area contributed by atoms with E-state index in [0.29, 0.717) is 0 Å². The van der Waals surface area contributed by atoms with Crippen LogP contribution in [0.15, 0.2) is 54.6 Å². The molecule has 2 rings (SSSR count). The lowest BCUT2D eigenvalue weighted by Crippen LogP contribution is -1.99. The van der Waals surface area contributed by atoms with Gasteiger partial charge in [0.25, 0.3) is 0 Å². The summed E-state index contributed by atoms with van der Waals surface area (Å²) in [6.45, 7) is 0. The minimum atomic E-state index is -0.803. The summed E-state index contributed by atoms with van der Waals surface area (Å²) in [6, 6.07) is 17.6. The molecule has 2 nitrogen and oxygen atoms in total. The van der Waals surface area contributed by atoms with Crippen molar-refractivity contribution in [1.82, 2.24) is 0 Å². The van der Waals surface area contributed by atoms with Gasteiger partial charge in [-0.3, -0.25) is 4.79 Å². The maximum Gasteiger partial charge on any atom is 0.307 e. The van der Waals surface area contributed by atoms with Gasteiger partial charge >= 0.3 is 5.97 Å². The van der Waals surface area contributed by atoms with E-state index in [2.05, 4.69) is 0 Å². The lowest BCUT2D eigenvalue weighted by atomic mass is 10.1. The van der Waals surface area contributed by atoms with Crippen molar-refractivity contribution in [3.05, 3.63) is 71.3 Å². The largest absolute Gasteiger partial charge is 0.481 e. The molecule has 0 heterocycles. The molecule has 0 radical (unpaired) electrons. The summed E-state index contributed by atoms with van der Waals surface area (Å²) < 4.78 is 0. The van der Waals surface area contributed by atoms with Gasteiger partial charge in [0.2, 0.25) is 0 Å². The molecule has 0 fully saturated rings. The van der Waals surface area contributed by atoms with E-state index in [1.54, 1.807) is 0 Å². The molecular formula is C16H14O2. The third-order valence-electron chi connectivity index (χ3n) is 2.60. The first-order chi connectivity index (χ1) is 8.74. The SMILES string of the molecule is O=C(O)Cc1ccc(/C=C/c2ccccc2)cc1. The van der Waals surface area contributed by atoms with Crippen molar-refractivity contribution in [2.24, 2.45) is 0 Å². The van der Waals surface area contributed by atoms with Crippen molar-refractivity contribution in [2.75, 3.05) is 0 Å². The number of carboxylic acid groups (broad SMARTS) is 1. The molecule has 0 aliphatic carbocycles. The van der Waals surface area contributed by atoms with Crippen molar-refractivity contribution in [3.8, 4) is 0 Å². The molecule has 18 heavy (non-hydrogen) atoms.